The first-order valence-corrected chi connectivity index (χ1v) is 11.9. The monoisotopic (exact) mass is 543 g/mol. The van der Waals surface area contributed by atoms with E-state index >= 15 is 0 Å². The van der Waals surface area contributed by atoms with Gasteiger partial charge in [-0.3, -0.25) is 14.5 Å². The Balaban J connectivity index is 1.87. The number of carbonyl (C=O) groups is 2. The van der Waals surface area contributed by atoms with Crippen molar-refractivity contribution < 1.29 is 19.1 Å². The Morgan fingerprint density at radius 3 is 2.42 bits per heavy atom. The first-order chi connectivity index (χ1) is 14.7. The van der Waals surface area contributed by atoms with Crippen LogP contribution in [0.3, 0.4) is 0 Å². The van der Waals surface area contributed by atoms with Gasteiger partial charge in [-0.25, -0.2) is 0 Å². The van der Waals surface area contributed by atoms with Gasteiger partial charge in [-0.1, -0.05) is 45.2 Å². The van der Waals surface area contributed by atoms with Crippen LogP contribution in [0.25, 0.3) is 6.08 Å². The fourth-order valence-corrected chi connectivity index (χ4v) is 4.61. The largest absolute Gasteiger partial charge is 0.490 e. The summed E-state index contributed by atoms with van der Waals surface area (Å²) in [7, 11) is 0. The molecule has 1 aliphatic rings. The van der Waals surface area contributed by atoms with Crippen molar-refractivity contribution in [1.29, 1.82) is 0 Å². The highest BCUT2D eigenvalue weighted by Crippen LogP contribution is 2.39. The summed E-state index contributed by atoms with van der Waals surface area (Å²) in [6, 6.07) is 8.66. The highest BCUT2D eigenvalue weighted by Gasteiger charge is 2.36. The topological polar surface area (TPSA) is 55.8 Å². The third-order valence-corrected chi connectivity index (χ3v) is 6.68. The number of rotatable bonds is 7. The summed E-state index contributed by atoms with van der Waals surface area (Å²) in [6.07, 6.45) is 1.68. The Hall–Kier alpha value is -1.67. The van der Waals surface area contributed by atoms with Crippen molar-refractivity contribution >= 4 is 68.1 Å². The molecular weight excluding hydrogens is 525 g/mol. The van der Waals surface area contributed by atoms with Crippen LogP contribution in [0, 0.1) is 0 Å². The number of carbonyl (C=O) groups excluding carboxylic acids is 2. The van der Waals surface area contributed by atoms with Gasteiger partial charge in [0.05, 0.1) is 21.6 Å². The molecule has 31 heavy (non-hydrogen) atoms. The van der Waals surface area contributed by atoms with Crippen molar-refractivity contribution in [2.24, 2.45) is 0 Å². The molecule has 0 atom stereocenters. The zero-order valence-electron chi connectivity index (χ0n) is 17.1. The lowest BCUT2D eigenvalue weighted by atomic mass is 10.1. The van der Waals surface area contributed by atoms with E-state index in [4.69, 9.17) is 32.7 Å². The highest BCUT2D eigenvalue weighted by molar-refractivity contribution is 9.10. The first-order valence-electron chi connectivity index (χ1n) is 9.51. The number of benzene rings is 2. The van der Waals surface area contributed by atoms with Gasteiger partial charge in [0.15, 0.2) is 11.5 Å². The minimum Gasteiger partial charge on any atom is -0.490 e. The van der Waals surface area contributed by atoms with Crippen LogP contribution in [0.1, 0.15) is 31.9 Å². The van der Waals surface area contributed by atoms with E-state index in [1.54, 1.807) is 30.3 Å². The Kier molecular flexibility index (Phi) is 7.97. The zero-order valence-corrected chi connectivity index (χ0v) is 21.0. The molecule has 2 aromatic rings. The van der Waals surface area contributed by atoms with Gasteiger partial charge in [-0.2, -0.15) is 0 Å². The maximum absolute atomic E-state index is 12.6. The summed E-state index contributed by atoms with van der Waals surface area (Å²) in [6.45, 7) is 6.20. The van der Waals surface area contributed by atoms with E-state index in [0.717, 1.165) is 17.3 Å². The van der Waals surface area contributed by atoms with Crippen molar-refractivity contribution in [2.45, 2.75) is 33.4 Å². The van der Waals surface area contributed by atoms with Crippen molar-refractivity contribution in [3.63, 3.8) is 0 Å². The van der Waals surface area contributed by atoms with Gasteiger partial charge >= 0.3 is 0 Å². The second-order valence-electron chi connectivity index (χ2n) is 6.94. The van der Waals surface area contributed by atoms with Gasteiger partial charge in [-0.15, -0.1) is 0 Å². The van der Waals surface area contributed by atoms with Crippen LogP contribution in [0.4, 0.5) is 4.79 Å². The number of halogens is 3. The minimum atomic E-state index is -0.296. The smallest absolute Gasteiger partial charge is 0.293 e. The van der Waals surface area contributed by atoms with E-state index in [1.807, 2.05) is 26.8 Å². The molecule has 2 aromatic carbocycles. The molecule has 3 rings (SSSR count). The zero-order chi connectivity index (χ0) is 22.7. The van der Waals surface area contributed by atoms with Crippen LogP contribution in [0.2, 0.25) is 10.0 Å². The standard InChI is InChI=1S/C22H20BrCl2NO4S/c1-4-29-18-8-14(9-20-21(27)26(12(2)3)22(28)31-20)15(23)10-19(18)30-11-13-5-6-16(24)17(25)7-13/h5-10,12H,4,11H2,1-3H3/b20-9+. The van der Waals surface area contributed by atoms with Gasteiger partial charge in [0.1, 0.15) is 6.61 Å². The van der Waals surface area contributed by atoms with E-state index < -0.39 is 0 Å². The van der Waals surface area contributed by atoms with Crippen LogP contribution < -0.4 is 9.47 Å². The molecule has 0 radical (unpaired) electrons. The van der Waals surface area contributed by atoms with Crippen LogP contribution in [-0.2, 0) is 11.4 Å². The molecule has 0 aromatic heterocycles. The third kappa shape index (κ3) is 5.58. The number of hydrogen-bond donors (Lipinski definition) is 0. The molecule has 5 nitrogen and oxygen atoms in total. The molecule has 1 aliphatic heterocycles. The minimum absolute atomic E-state index is 0.196. The maximum atomic E-state index is 12.6. The summed E-state index contributed by atoms with van der Waals surface area (Å²) < 4.78 is 12.4. The predicted octanol–water partition coefficient (Wildman–Crippen LogP) is 7.18. The summed E-state index contributed by atoms with van der Waals surface area (Å²) in [4.78, 5) is 26.4. The molecule has 2 amide bonds. The summed E-state index contributed by atoms with van der Waals surface area (Å²) in [5.41, 5.74) is 1.57. The molecular formula is C22H20BrCl2NO4S. The Morgan fingerprint density at radius 2 is 1.81 bits per heavy atom. The number of nitrogens with zero attached hydrogens (tertiary/aromatic N) is 1. The normalized spacial score (nSPS) is 15.3. The van der Waals surface area contributed by atoms with Crippen molar-refractivity contribution in [1.82, 2.24) is 4.90 Å². The summed E-state index contributed by atoms with van der Waals surface area (Å²) >= 11 is 16.5. The van der Waals surface area contributed by atoms with Crippen LogP contribution in [0.5, 0.6) is 11.5 Å². The summed E-state index contributed by atoms with van der Waals surface area (Å²) in [5.74, 6) is 0.766. The predicted molar refractivity (Wildman–Crippen MR) is 129 cm³/mol. The molecule has 0 aliphatic carbocycles. The van der Waals surface area contributed by atoms with Crippen molar-refractivity contribution in [3.8, 4) is 11.5 Å². The maximum Gasteiger partial charge on any atom is 0.293 e. The fraction of sp³-hybridized carbons (Fsp3) is 0.273. The number of hydrogen-bond acceptors (Lipinski definition) is 5. The molecule has 0 unspecified atom stereocenters. The van der Waals surface area contributed by atoms with Gasteiger partial charge in [-0.05, 0) is 74.0 Å². The average molecular weight is 545 g/mol. The number of ether oxygens (including phenoxy) is 2. The van der Waals surface area contributed by atoms with Crippen molar-refractivity contribution in [3.05, 3.63) is 60.9 Å². The van der Waals surface area contributed by atoms with Crippen molar-refractivity contribution in [2.75, 3.05) is 6.61 Å². The van der Waals surface area contributed by atoms with Gasteiger partial charge in [0.25, 0.3) is 11.1 Å². The number of amides is 2. The number of thioether (sulfide) groups is 1. The van der Waals surface area contributed by atoms with Gasteiger partial charge in [0.2, 0.25) is 0 Å². The van der Waals surface area contributed by atoms with E-state index in [9.17, 15) is 9.59 Å². The third-order valence-electron chi connectivity index (χ3n) is 4.37. The average Bonchev–Trinajstić information content (AvgIpc) is 2.99. The lowest BCUT2D eigenvalue weighted by Crippen LogP contribution is -2.34. The van der Waals surface area contributed by atoms with Crippen LogP contribution >= 0.6 is 50.9 Å². The molecule has 1 saturated heterocycles. The fourth-order valence-electron chi connectivity index (χ4n) is 2.90. The second-order valence-corrected chi connectivity index (χ2v) is 9.60. The number of imide groups is 1. The molecule has 0 N–H and O–H groups in total. The lowest BCUT2D eigenvalue weighted by Gasteiger charge is -2.16. The second kappa shape index (κ2) is 10.3. The summed E-state index contributed by atoms with van der Waals surface area (Å²) in [5, 5.41) is 0.669. The first kappa shape index (κ1) is 24.0. The van der Waals surface area contributed by atoms with E-state index in [0.29, 0.717) is 43.1 Å². The lowest BCUT2D eigenvalue weighted by molar-refractivity contribution is -0.123. The molecule has 9 heteroatoms. The Labute approximate surface area is 203 Å². The Morgan fingerprint density at radius 1 is 1.10 bits per heavy atom. The molecule has 1 heterocycles. The molecule has 0 saturated carbocycles. The van der Waals surface area contributed by atoms with Gasteiger partial charge in [0, 0.05) is 10.5 Å². The Bertz CT molecular complexity index is 1060. The highest BCUT2D eigenvalue weighted by atomic mass is 79.9. The quantitative estimate of drug-likeness (QED) is 0.345. The van der Waals surface area contributed by atoms with E-state index in [2.05, 4.69) is 15.9 Å². The van der Waals surface area contributed by atoms with E-state index in [1.165, 1.54) is 4.90 Å². The molecule has 1 fully saturated rings. The van der Waals surface area contributed by atoms with Crippen LogP contribution in [0.15, 0.2) is 39.7 Å². The van der Waals surface area contributed by atoms with E-state index in [-0.39, 0.29) is 23.8 Å². The SMILES string of the molecule is CCOc1cc(/C=C2/SC(=O)N(C(C)C)C2=O)c(Br)cc1OCc1ccc(Cl)c(Cl)c1. The molecule has 0 bridgehead atoms. The van der Waals surface area contributed by atoms with Crippen LogP contribution in [-0.4, -0.2) is 28.7 Å². The molecule has 164 valence electrons. The molecule has 0 spiro atoms. The van der Waals surface area contributed by atoms with Gasteiger partial charge < -0.3 is 9.47 Å².